The van der Waals surface area contributed by atoms with Gasteiger partial charge in [-0.1, -0.05) is 0 Å². The second-order valence-electron chi connectivity index (χ2n) is 4.49. The third kappa shape index (κ3) is 6.03. The SMILES string of the molecule is CC(C)OC(=O)c1ccc(C(=O)OC(C)C)cc1.[Ti]. The summed E-state index contributed by atoms with van der Waals surface area (Å²) in [6.07, 6.45) is -0.328. The van der Waals surface area contributed by atoms with E-state index in [0.717, 1.165) is 0 Å². The topological polar surface area (TPSA) is 52.6 Å². The van der Waals surface area contributed by atoms with Gasteiger partial charge in [0, 0.05) is 21.7 Å². The first-order chi connectivity index (χ1) is 8.40. The molecule has 0 radical (unpaired) electrons. The third-order valence-corrected chi connectivity index (χ3v) is 2.04. The van der Waals surface area contributed by atoms with Gasteiger partial charge in [-0.15, -0.1) is 0 Å². The van der Waals surface area contributed by atoms with Crippen molar-refractivity contribution in [3.8, 4) is 0 Å². The zero-order chi connectivity index (χ0) is 13.7. The Morgan fingerprint density at radius 3 is 1.26 bits per heavy atom. The number of carbonyl (C=O) groups is 2. The monoisotopic (exact) mass is 298 g/mol. The van der Waals surface area contributed by atoms with Gasteiger partial charge in [-0.2, -0.15) is 0 Å². The normalized spacial score (nSPS) is 10.0. The van der Waals surface area contributed by atoms with Crippen molar-refractivity contribution in [3.05, 3.63) is 35.4 Å². The summed E-state index contributed by atoms with van der Waals surface area (Å²) in [6.45, 7) is 7.14. The Labute approximate surface area is 128 Å². The first-order valence-corrected chi connectivity index (χ1v) is 5.92. The minimum Gasteiger partial charge on any atom is -0.459 e. The van der Waals surface area contributed by atoms with Gasteiger partial charge in [0.05, 0.1) is 23.3 Å². The van der Waals surface area contributed by atoms with Crippen LogP contribution in [0.15, 0.2) is 24.3 Å². The van der Waals surface area contributed by atoms with Crippen LogP contribution in [0.3, 0.4) is 0 Å². The van der Waals surface area contributed by atoms with E-state index in [0.29, 0.717) is 11.1 Å². The molecule has 102 valence electrons. The van der Waals surface area contributed by atoms with Gasteiger partial charge in [-0.25, -0.2) is 9.59 Å². The predicted octanol–water partition coefficient (Wildman–Crippen LogP) is 2.81. The summed E-state index contributed by atoms with van der Waals surface area (Å²) in [6, 6.07) is 6.23. The fourth-order valence-corrected chi connectivity index (χ4v) is 1.31. The number of rotatable bonds is 4. The minimum absolute atomic E-state index is 0. The number of benzene rings is 1. The molecule has 0 amide bonds. The maximum atomic E-state index is 11.6. The van der Waals surface area contributed by atoms with Crippen molar-refractivity contribution in [1.29, 1.82) is 0 Å². The minimum atomic E-state index is -0.395. The van der Waals surface area contributed by atoms with Crippen LogP contribution in [0, 0.1) is 0 Å². The molecule has 5 heteroatoms. The summed E-state index contributed by atoms with van der Waals surface area (Å²) < 4.78 is 10.1. The van der Waals surface area contributed by atoms with Crippen LogP contribution in [0.1, 0.15) is 48.4 Å². The molecule has 0 saturated heterocycles. The van der Waals surface area contributed by atoms with E-state index in [2.05, 4.69) is 0 Å². The Balaban J connectivity index is 0.00000324. The molecule has 0 saturated carbocycles. The molecular formula is C14H18O4Ti. The molecule has 0 bridgehead atoms. The van der Waals surface area contributed by atoms with Crippen LogP contribution in [0.5, 0.6) is 0 Å². The van der Waals surface area contributed by atoms with E-state index in [4.69, 9.17) is 9.47 Å². The number of carbonyl (C=O) groups excluding carboxylic acids is 2. The van der Waals surface area contributed by atoms with Gasteiger partial charge < -0.3 is 9.47 Å². The van der Waals surface area contributed by atoms with Crippen LogP contribution >= 0.6 is 0 Å². The average Bonchev–Trinajstić information content (AvgIpc) is 2.27. The van der Waals surface area contributed by atoms with Crippen molar-refractivity contribution in [2.45, 2.75) is 39.9 Å². The van der Waals surface area contributed by atoms with Crippen LogP contribution in [-0.2, 0) is 31.2 Å². The first kappa shape index (κ1) is 17.9. The van der Waals surface area contributed by atoms with E-state index in [1.807, 2.05) is 0 Å². The van der Waals surface area contributed by atoms with Crippen molar-refractivity contribution in [3.63, 3.8) is 0 Å². The van der Waals surface area contributed by atoms with E-state index in [-0.39, 0.29) is 33.9 Å². The molecule has 4 nitrogen and oxygen atoms in total. The maximum absolute atomic E-state index is 11.6. The summed E-state index contributed by atoms with van der Waals surface area (Å²) in [4.78, 5) is 23.2. The predicted molar refractivity (Wildman–Crippen MR) is 67.5 cm³/mol. The van der Waals surface area contributed by atoms with E-state index < -0.39 is 11.9 Å². The van der Waals surface area contributed by atoms with Crippen molar-refractivity contribution in [2.24, 2.45) is 0 Å². The quantitative estimate of drug-likeness (QED) is 0.633. The van der Waals surface area contributed by atoms with Crippen LogP contribution < -0.4 is 0 Å². The molecular weight excluding hydrogens is 280 g/mol. The molecule has 0 N–H and O–H groups in total. The molecule has 19 heavy (non-hydrogen) atoms. The van der Waals surface area contributed by atoms with Gasteiger partial charge in [-0.05, 0) is 52.0 Å². The van der Waals surface area contributed by atoms with Gasteiger partial charge >= 0.3 is 11.9 Å². The van der Waals surface area contributed by atoms with Crippen LogP contribution in [0.2, 0.25) is 0 Å². The second-order valence-corrected chi connectivity index (χ2v) is 4.49. The number of esters is 2. The van der Waals surface area contributed by atoms with E-state index in [9.17, 15) is 9.59 Å². The van der Waals surface area contributed by atoms with Crippen molar-refractivity contribution in [2.75, 3.05) is 0 Å². The molecule has 1 rings (SSSR count). The number of hydrogen-bond acceptors (Lipinski definition) is 4. The molecule has 0 atom stereocenters. The van der Waals surface area contributed by atoms with E-state index in [1.54, 1.807) is 52.0 Å². The molecule has 1 aromatic carbocycles. The molecule has 0 aliphatic heterocycles. The Morgan fingerprint density at radius 2 is 1.05 bits per heavy atom. The summed E-state index contributed by atoms with van der Waals surface area (Å²) >= 11 is 0. The first-order valence-electron chi connectivity index (χ1n) is 5.92. The molecule has 0 heterocycles. The fraction of sp³-hybridized carbons (Fsp3) is 0.429. The molecule has 0 aromatic heterocycles. The van der Waals surface area contributed by atoms with E-state index in [1.165, 1.54) is 0 Å². The Morgan fingerprint density at radius 1 is 0.789 bits per heavy atom. The van der Waals surface area contributed by atoms with Gasteiger partial charge in [0.15, 0.2) is 0 Å². The Kier molecular flexibility index (Phi) is 7.65. The third-order valence-electron chi connectivity index (χ3n) is 2.04. The Hall–Kier alpha value is -1.13. The van der Waals surface area contributed by atoms with Gasteiger partial charge in [0.25, 0.3) is 0 Å². The second kappa shape index (κ2) is 8.13. The average molecular weight is 298 g/mol. The molecule has 0 aliphatic carbocycles. The summed E-state index contributed by atoms with van der Waals surface area (Å²) in [7, 11) is 0. The largest absolute Gasteiger partial charge is 0.459 e. The fourth-order valence-electron chi connectivity index (χ4n) is 1.31. The molecule has 0 fully saturated rings. The van der Waals surface area contributed by atoms with Crippen LogP contribution in [0.4, 0.5) is 0 Å². The smallest absolute Gasteiger partial charge is 0.338 e. The standard InChI is InChI=1S/C14H18O4.Ti/c1-9(2)17-13(15)11-5-7-12(8-6-11)14(16)18-10(3)4;/h5-10H,1-4H3;. The molecule has 0 spiro atoms. The number of ether oxygens (including phenoxy) is 2. The summed E-state index contributed by atoms with van der Waals surface area (Å²) in [5.41, 5.74) is 0.842. The number of hydrogen-bond donors (Lipinski definition) is 0. The van der Waals surface area contributed by atoms with Crippen molar-refractivity contribution >= 4 is 11.9 Å². The van der Waals surface area contributed by atoms with Gasteiger partial charge in [0.2, 0.25) is 0 Å². The Bertz CT molecular complexity index is 383. The summed E-state index contributed by atoms with van der Waals surface area (Å²) in [5.74, 6) is -0.789. The zero-order valence-corrected chi connectivity index (χ0v) is 13.2. The summed E-state index contributed by atoms with van der Waals surface area (Å²) in [5, 5.41) is 0. The molecule has 0 aliphatic rings. The van der Waals surface area contributed by atoms with Gasteiger partial charge in [-0.3, -0.25) is 0 Å². The van der Waals surface area contributed by atoms with Crippen LogP contribution in [-0.4, -0.2) is 24.1 Å². The maximum Gasteiger partial charge on any atom is 0.338 e. The molecule has 0 unspecified atom stereocenters. The zero-order valence-electron chi connectivity index (χ0n) is 11.6. The molecule has 1 aromatic rings. The van der Waals surface area contributed by atoms with Crippen molar-refractivity contribution < 1.29 is 40.8 Å². The van der Waals surface area contributed by atoms with E-state index >= 15 is 0 Å². The van der Waals surface area contributed by atoms with Crippen LogP contribution in [0.25, 0.3) is 0 Å². The van der Waals surface area contributed by atoms with Gasteiger partial charge in [0.1, 0.15) is 0 Å². The van der Waals surface area contributed by atoms with Crippen molar-refractivity contribution in [1.82, 2.24) is 0 Å².